The van der Waals surface area contributed by atoms with E-state index in [0.717, 1.165) is 12.0 Å². The van der Waals surface area contributed by atoms with Crippen LogP contribution in [0.5, 0.6) is 0 Å². The summed E-state index contributed by atoms with van der Waals surface area (Å²) in [4.78, 5) is 12.2. The van der Waals surface area contributed by atoms with Crippen LogP contribution >= 0.6 is 11.8 Å². The number of aryl methyl sites for hydroxylation is 2. The lowest BCUT2D eigenvalue weighted by Gasteiger charge is -2.20. The zero-order chi connectivity index (χ0) is 12.3. The van der Waals surface area contributed by atoms with Crippen molar-refractivity contribution in [3.05, 3.63) is 34.9 Å². The van der Waals surface area contributed by atoms with Gasteiger partial charge in [0.15, 0.2) is 5.78 Å². The highest BCUT2D eigenvalue weighted by Crippen LogP contribution is 2.26. The second-order valence-electron chi connectivity index (χ2n) is 5.06. The van der Waals surface area contributed by atoms with E-state index in [-0.39, 0.29) is 0 Å². The Kier molecular flexibility index (Phi) is 4.27. The van der Waals surface area contributed by atoms with E-state index in [0.29, 0.717) is 11.7 Å². The quantitative estimate of drug-likeness (QED) is 0.752. The average molecular weight is 248 g/mol. The molecule has 0 atom stereocenters. The maximum Gasteiger partial charge on any atom is 0.163 e. The Bertz CT molecular complexity index is 385. The summed E-state index contributed by atoms with van der Waals surface area (Å²) in [5.74, 6) is 3.40. The maximum absolute atomic E-state index is 12.2. The van der Waals surface area contributed by atoms with Crippen LogP contribution in [0.3, 0.4) is 0 Å². The second-order valence-corrected chi connectivity index (χ2v) is 6.28. The lowest BCUT2D eigenvalue weighted by Crippen LogP contribution is -2.14. The van der Waals surface area contributed by atoms with E-state index in [4.69, 9.17) is 0 Å². The molecule has 0 unspecified atom stereocenters. The predicted molar refractivity (Wildman–Crippen MR) is 74.9 cm³/mol. The normalized spacial score (nSPS) is 17.1. The second kappa shape index (κ2) is 5.72. The molecule has 0 spiro atoms. The lowest BCUT2D eigenvalue weighted by molar-refractivity contribution is 0.0958. The van der Waals surface area contributed by atoms with Crippen molar-refractivity contribution in [2.45, 2.75) is 33.1 Å². The Balaban J connectivity index is 2.03. The first-order valence-corrected chi connectivity index (χ1v) is 7.50. The van der Waals surface area contributed by atoms with Crippen LogP contribution in [0.25, 0.3) is 0 Å². The fraction of sp³-hybridized carbons (Fsp3) is 0.533. The molecular formula is C15H20OS. The minimum atomic E-state index is 0.328. The van der Waals surface area contributed by atoms with Crippen molar-refractivity contribution in [3.8, 4) is 0 Å². The molecule has 1 aliphatic heterocycles. The van der Waals surface area contributed by atoms with Gasteiger partial charge >= 0.3 is 0 Å². The van der Waals surface area contributed by atoms with Crippen LogP contribution in [0.4, 0.5) is 0 Å². The van der Waals surface area contributed by atoms with Gasteiger partial charge in [-0.2, -0.15) is 11.8 Å². The zero-order valence-corrected chi connectivity index (χ0v) is 11.5. The molecule has 92 valence electrons. The van der Waals surface area contributed by atoms with Crippen LogP contribution in [-0.4, -0.2) is 17.3 Å². The molecule has 2 heteroatoms. The van der Waals surface area contributed by atoms with E-state index in [1.54, 1.807) is 0 Å². The van der Waals surface area contributed by atoms with Crippen molar-refractivity contribution < 1.29 is 4.79 Å². The molecule has 17 heavy (non-hydrogen) atoms. The molecule has 1 nitrogen and oxygen atoms in total. The molecule has 1 saturated heterocycles. The van der Waals surface area contributed by atoms with Gasteiger partial charge in [-0.1, -0.05) is 17.2 Å². The summed E-state index contributed by atoms with van der Waals surface area (Å²) in [6, 6.07) is 6.16. The summed E-state index contributed by atoms with van der Waals surface area (Å²) in [6.45, 7) is 4.11. The molecule has 0 aromatic heterocycles. The fourth-order valence-electron chi connectivity index (χ4n) is 2.47. The molecule has 1 aromatic rings. The van der Waals surface area contributed by atoms with Gasteiger partial charge in [0.1, 0.15) is 0 Å². The summed E-state index contributed by atoms with van der Waals surface area (Å²) in [5, 5.41) is 0. The zero-order valence-electron chi connectivity index (χ0n) is 10.7. The first kappa shape index (κ1) is 12.7. The van der Waals surface area contributed by atoms with Crippen LogP contribution in [0, 0.1) is 19.8 Å². The molecule has 0 amide bonds. The molecule has 0 radical (unpaired) electrons. The van der Waals surface area contributed by atoms with Crippen LogP contribution in [0.15, 0.2) is 18.2 Å². The Morgan fingerprint density at radius 3 is 2.35 bits per heavy atom. The number of hydrogen-bond donors (Lipinski definition) is 0. The number of rotatable bonds is 3. The maximum atomic E-state index is 12.2. The molecule has 0 aliphatic carbocycles. The predicted octanol–water partition coefficient (Wildman–Crippen LogP) is 4.02. The summed E-state index contributed by atoms with van der Waals surface area (Å²) in [7, 11) is 0. The molecule has 1 aliphatic rings. The number of thioether (sulfide) groups is 1. The molecule has 2 rings (SSSR count). The van der Waals surface area contributed by atoms with E-state index in [9.17, 15) is 4.79 Å². The van der Waals surface area contributed by atoms with E-state index in [1.165, 1.54) is 35.5 Å². The van der Waals surface area contributed by atoms with Gasteiger partial charge in [0.25, 0.3) is 0 Å². The summed E-state index contributed by atoms with van der Waals surface area (Å²) >= 11 is 2.02. The van der Waals surface area contributed by atoms with E-state index in [2.05, 4.69) is 19.9 Å². The largest absolute Gasteiger partial charge is 0.294 e. The van der Waals surface area contributed by atoms with Gasteiger partial charge in [-0.05, 0) is 56.2 Å². The number of carbonyl (C=O) groups excluding carboxylic acids is 1. The molecule has 1 heterocycles. The highest BCUT2D eigenvalue weighted by atomic mass is 32.2. The Labute approximate surface area is 108 Å². The Hall–Kier alpha value is -0.760. The first-order chi connectivity index (χ1) is 8.15. The highest BCUT2D eigenvalue weighted by molar-refractivity contribution is 7.99. The van der Waals surface area contributed by atoms with Crippen molar-refractivity contribution in [1.82, 2.24) is 0 Å². The summed E-state index contributed by atoms with van der Waals surface area (Å²) < 4.78 is 0. The minimum Gasteiger partial charge on any atom is -0.294 e. The topological polar surface area (TPSA) is 17.1 Å². The van der Waals surface area contributed by atoms with Crippen LogP contribution in [-0.2, 0) is 0 Å². The van der Waals surface area contributed by atoms with Gasteiger partial charge < -0.3 is 0 Å². The number of ketones is 1. The van der Waals surface area contributed by atoms with Gasteiger partial charge in [-0.15, -0.1) is 0 Å². The SMILES string of the molecule is Cc1cc(C)cc(C(=O)CC2CCSCC2)c1. The van der Waals surface area contributed by atoms with E-state index in [1.807, 2.05) is 23.9 Å². The van der Waals surface area contributed by atoms with Crippen LogP contribution < -0.4 is 0 Å². The van der Waals surface area contributed by atoms with E-state index < -0.39 is 0 Å². The number of carbonyl (C=O) groups is 1. The monoisotopic (exact) mass is 248 g/mol. The average Bonchev–Trinajstić information content (AvgIpc) is 2.29. The first-order valence-electron chi connectivity index (χ1n) is 6.34. The third-order valence-corrected chi connectivity index (χ3v) is 4.41. The third kappa shape index (κ3) is 3.60. The summed E-state index contributed by atoms with van der Waals surface area (Å²) in [5.41, 5.74) is 3.28. The fourth-order valence-corrected chi connectivity index (χ4v) is 3.67. The van der Waals surface area contributed by atoms with Gasteiger partial charge in [0.05, 0.1) is 0 Å². The third-order valence-electron chi connectivity index (χ3n) is 3.36. The van der Waals surface area contributed by atoms with Crippen molar-refractivity contribution in [2.24, 2.45) is 5.92 Å². The van der Waals surface area contributed by atoms with Crippen LogP contribution in [0.1, 0.15) is 40.7 Å². The number of hydrogen-bond acceptors (Lipinski definition) is 2. The summed E-state index contributed by atoms with van der Waals surface area (Å²) in [6.07, 6.45) is 3.16. The van der Waals surface area contributed by atoms with Crippen molar-refractivity contribution in [2.75, 3.05) is 11.5 Å². The van der Waals surface area contributed by atoms with Gasteiger partial charge in [0, 0.05) is 12.0 Å². The van der Waals surface area contributed by atoms with E-state index >= 15 is 0 Å². The van der Waals surface area contributed by atoms with Crippen LogP contribution in [0.2, 0.25) is 0 Å². The smallest absolute Gasteiger partial charge is 0.163 e. The standard InChI is InChI=1S/C15H20OS/c1-11-7-12(2)9-14(8-11)15(16)10-13-3-5-17-6-4-13/h7-9,13H,3-6,10H2,1-2H3. The minimum absolute atomic E-state index is 0.328. The number of Topliss-reactive ketones (excluding diaryl/α,β-unsaturated/α-hetero) is 1. The van der Waals surface area contributed by atoms with Gasteiger partial charge in [-0.3, -0.25) is 4.79 Å². The molecule has 1 aromatic carbocycles. The Morgan fingerprint density at radius 1 is 1.18 bits per heavy atom. The molecule has 0 saturated carbocycles. The van der Waals surface area contributed by atoms with Crippen molar-refractivity contribution >= 4 is 17.5 Å². The molecular weight excluding hydrogens is 228 g/mol. The lowest BCUT2D eigenvalue weighted by atomic mass is 9.92. The highest BCUT2D eigenvalue weighted by Gasteiger charge is 2.18. The Morgan fingerprint density at radius 2 is 1.76 bits per heavy atom. The molecule has 0 bridgehead atoms. The molecule has 1 fully saturated rings. The van der Waals surface area contributed by atoms with Gasteiger partial charge in [0.2, 0.25) is 0 Å². The van der Waals surface area contributed by atoms with Crippen molar-refractivity contribution in [1.29, 1.82) is 0 Å². The van der Waals surface area contributed by atoms with Gasteiger partial charge in [-0.25, -0.2) is 0 Å². The van der Waals surface area contributed by atoms with Crippen molar-refractivity contribution in [3.63, 3.8) is 0 Å². The molecule has 0 N–H and O–H groups in total. The number of benzene rings is 1.